The van der Waals surface area contributed by atoms with Crippen molar-refractivity contribution < 1.29 is 0 Å². The van der Waals surface area contributed by atoms with Crippen LogP contribution in [0, 0.1) is 0 Å². The maximum atomic E-state index is 5.31. The van der Waals surface area contributed by atoms with Gasteiger partial charge in [0, 0.05) is 79.6 Å². The molecule has 266 valence electrons. The summed E-state index contributed by atoms with van der Waals surface area (Å²) in [7, 11) is 0. The summed E-state index contributed by atoms with van der Waals surface area (Å²) in [5.41, 5.74) is 12.4. The summed E-state index contributed by atoms with van der Waals surface area (Å²) in [5, 5.41) is 6.79. The fourth-order valence-electron chi connectivity index (χ4n) is 8.73. The molecule has 7 heteroatoms. The quantitative estimate of drug-likeness (QED) is 0.177. The number of hydrogen-bond acceptors (Lipinski definition) is 4. The van der Waals surface area contributed by atoms with Gasteiger partial charge in [-0.05, 0) is 66.7 Å². The van der Waals surface area contributed by atoms with Crippen LogP contribution in [0.1, 0.15) is 0 Å². The summed E-state index contributed by atoms with van der Waals surface area (Å²) in [5.74, 6) is 0.613. The molecule has 0 aliphatic rings. The van der Waals surface area contributed by atoms with Crippen molar-refractivity contribution in [3.63, 3.8) is 0 Å². The monoisotopic (exact) mass is 729 g/mol. The average Bonchev–Trinajstić information content (AvgIpc) is 3.92. The average molecular weight is 730 g/mol. The number of aromatic nitrogens is 7. The van der Waals surface area contributed by atoms with Crippen LogP contribution in [-0.4, -0.2) is 33.6 Å². The van der Waals surface area contributed by atoms with E-state index in [0.717, 1.165) is 88.5 Å². The van der Waals surface area contributed by atoms with E-state index >= 15 is 0 Å². The van der Waals surface area contributed by atoms with Crippen LogP contribution in [0.3, 0.4) is 0 Å². The Morgan fingerprint density at radius 1 is 0.316 bits per heavy atom. The molecule has 6 aromatic heterocycles. The predicted molar refractivity (Wildman–Crippen MR) is 232 cm³/mol. The molecule has 0 saturated heterocycles. The first-order chi connectivity index (χ1) is 28.3. The SMILES string of the molecule is c1ccc(-c2cc(-c3ccccc3)nc(-n3c4ccc(-n5c6ccccc6c6cnccc65)cc4c4cc(-n5c6ccccc6c6cnccc65)ccc43)n2)cc1. The third-order valence-corrected chi connectivity index (χ3v) is 11.3. The molecule has 0 saturated carbocycles. The Hall–Kier alpha value is -7.90. The summed E-state index contributed by atoms with van der Waals surface area (Å²) in [6.45, 7) is 0. The largest absolute Gasteiger partial charge is 0.309 e. The Morgan fingerprint density at radius 3 is 1.23 bits per heavy atom. The van der Waals surface area contributed by atoms with Gasteiger partial charge in [0.05, 0.1) is 44.5 Å². The van der Waals surface area contributed by atoms with Gasteiger partial charge in [0.2, 0.25) is 5.95 Å². The van der Waals surface area contributed by atoms with Gasteiger partial charge in [-0.1, -0.05) is 97.1 Å². The Bertz CT molecular complexity index is 3190. The third-order valence-electron chi connectivity index (χ3n) is 11.3. The second-order valence-corrected chi connectivity index (χ2v) is 14.4. The van der Waals surface area contributed by atoms with Crippen LogP contribution < -0.4 is 0 Å². The Kier molecular flexibility index (Phi) is 6.79. The number of nitrogens with zero attached hydrogens (tertiary/aromatic N) is 7. The van der Waals surface area contributed by atoms with Gasteiger partial charge < -0.3 is 9.13 Å². The van der Waals surface area contributed by atoms with E-state index in [1.807, 2.05) is 36.9 Å². The van der Waals surface area contributed by atoms with Crippen molar-refractivity contribution in [2.45, 2.75) is 0 Å². The molecular weight excluding hydrogens is 699 g/mol. The molecule has 12 aromatic rings. The minimum Gasteiger partial charge on any atom is -0.309 e. The maximum absolute atomic E-state index is 5.31. The van der Waals surface area contributed by atoms with E-state index in [0.29, 0.717) is 5.95 Å². The first-order valence-electron chi connectivity index (χ1n) is 19.0. The zero-order valence-corrected chi connectivity index (χ0v) is 30.5. The molecule has 0 atom stereocenters. The van der Waals surface area contributed by atoms with Crippen LogP contribution in [0.5, 0.6) is 0 Å². The Labute approximate surface area is 326 Å². The van der Waals surface area contributed by atoms with Crippen molar-refractivity contribution in [1.82, 2.24) is 33.6 Å². The van der Waals surface area contributed by atoms with Crippen LogP contribution in [0.25, 0.3) is 105 Å². The van der Waals surface area contributed by atoms with Crippen LogP contribution in [0.4, 0.5) is 0 Å². The molecule has 57 heavy (non-hydrogen) atoms. The molecule has 0 aliphatic carbocycles. The molecule has 6 aromatic carbocycles. The Balaban J connectivity index is 1.18. The Morgan fingerprint density at radius 2 is 0.737 bits per heavy atom. The highest BCUT2D eigenvalue weighted by molar-refractivity contribution is 6.13. The molecule has 0 bridgehead atoms. The highest BCUT2D eigenvalue weighted by Crippen LogP contribution is 2.39. The lowest BCUT2D eigenvalue weighted by molar-refractivity contribution is 0.995. The van der Waals surface area contributed by atoms with Crippen LogP contribution >= 0.6 is 0 Å². The van der Waals surface area contributed by atoms with E-state index in [1.54, 1.807) is 0 Å². The number of para-hydroxylation sites is 2. The van der Waals surface area contributed by atoms with Crippen molar-refractivity contribution in [2.24, 2.45) is 0 Å². The lowest BCUT2D eigenvalue weighted by Crippen LogP contribution is -2.04. The highest BCUT2D eigenvalue weighted by atomic mass is 15.2. The van der Waals surface area contributed by atoms with Crippen LogP contribution in [0.2, 0.25) is 0 Å². The topological polar surface area (TPSA) is 66.3 Å². The van der Waals surface area contributed by atoms with E-state index in [1.165, 1.54) is 10.8 Å². The summed E-state index contributed by atoms with van der Waals surface area (Å²) in [6, 6.07) is 57.6. The van der Waals surface area contributed by atoms with Crippen LogP contribution in [0.15, 0.2) is 189 Å². The van der Waals surface area contributed by atoms with Gasteiger partial charge in [-0.3, -0.25) is 14.5 Å². The van der Waals surface area contributed by atoms with E-state index in [-0.39, 0.29) is 0 Å². The van der Waals surface area contributed by atoms with E-state index < -0.39 is 0 Å². The molecule has 0 unspecified atom stereocenters. The van der Waals surface area contributed by atoms with E-state index in [4.69, 9.17) is 9.97 Å². The number of pyridine rings is 2. The van der Waals surface area contributed by atoms with Gasteiger partial charge in [-0.15, -0.1) is 0 Å². The number of fused-ring (bicyclic) bond motifs is 9. The van der Waals surface area contributed by atoms with Crippen molar-refractivity contribution in [3.8, 4) is 39.8 Å². The maximum Gasteiger partial charge on any atom is 0.235 e. The number of rotatable bonds is 5. The fraction of sp³-hybridized carbons (Fsp3) is 0. The summed E-state index contributed by atoms with van der Waals surface area (Å²) in [4.78, 5) is 19.6. The van der Waals surface area contributed by atoms with Gasteiger partial charge in [-0.25, -0.2) is 9.97 Å². The van der Waals surface area contributed by atoms with Crippen molar-refractivity contribution >= 4 is 65.4 Å². The first-order valence-corrected chi connectivity index (χ1v) is 19.0. The molecule has 0 spiro atoms. The minimum absolute atomic E-state index is 0.613. The molecule has 0 N–H and O–H groups in total. The standard InChI is InChI=1S/C50H31N7/c1-3-11-32(12-4-1)42-29-43(33-13-5-2-6-14-33)54-50(53-42)57-46-21-19-34(55-44-17-9-7-15-36(44)40-30-51-25-23-48(40)55)27-38(46)39-28-35(20-22-47(39)57)56-45-18-10-8-16-37(45)41-31-52-26-24-49(41)56/h1-31H. The van der Waals surface area contributed by atoms with Gasteiger partial charge in [0.15, 0.2) is 0 Å². The molecule has 12 rings (SSSR count). The summed E-state index contributed by atoms with van der Waals surface area (Å²) >= 11 is 0. The lowest BCUT2D eigenvalue weighted by atomic mass is 10.1. The summed E-state index contributed by atoms with van der Waals surface area (Å²) < 4.78 is 6.92. The summed E-state index contributed by atoms with van der Waals surface area (Å²) in [6.07, 6.45) is 7.68. The highest BCUT2D eigenvalue weighted by Gasteiger charge is 2.21. The van der Waals surface area contributed by atoms with Gasteiger partial charge >= 0.3 is 0 Å². The molecule has 0 radical (unpaired) electrons. The molecule has 7 nitrogen and oxygen atoms in total. The molecular formula is C50H31N7. The van der Waals surface area contributed by atoms with Crippen molar-refractivity contribution in [3.05, 3.63) is 189 Å². The second-order valence-electron chi connectivity index (χ2n) is 14.4. The van der Waals surface area contributed by atoms with E-state index in [9.17, 15) is 0 Å². The first kappa shape index (κ1) is 31.5. The predicted octanol–water partition coefficient (Wildman–Crippen LogP) is 11.9. The van der Waals surface area contributed by atoms with Crippen molar-refractivity contribution in [2.75, 3.05) is 0 Å². The smallest absolute Gasteiger partial charge is 0.235 e. The van der Waals surface area contributed by atoms with Gasteiger partial charge in [-0.2, -0.15) is 0 Å². The zero-order valence-electron chi connectivity index (χ0n) is 30.5. The van der Waals surface area contributed by atoms with Gasteiger partial charge in [0.1, 0.15) is 0 Å². The van der Waals surface area contributed by atoms with Crippen LogP contribution in [-0.2, 0) is 0 Å². The lowest BCUT2D eigenvalue weighted by Gasteiger charge is -2.12. The number of benzene rings is 6. The second kappa shape index (κ2) is 12.3. The third kappa shape index (κ3) is 4.79. The molecule has 6 heterocycles. The zero-order chi connectivity index (χ0) is 37.5. The van der Waals surface area contributed by atoms with E-state index in [2.05, 4.69) is 175 Å². The molecule has 0 aliphatic heterocycles. The minimum atomic E-state index is 0.613. The fourth-order valence-corrected chi connectivity index (χ4v) is 8.73. The van der Waals surface area contributed by atoms with Crippen molar-refractivity contribution in [1.29, 1.82) is 0 Å². The molecule has 0 fully saturated rings. The van der Waals surface area contributed by atoms with Gasteiger partial charge in [0.25, 0.3) is 0 Å². The number of hydrogen-bond donors (Lipinski definition) is 0. The normalized spacial score (nSPS) is 11.9. The molecule has 0 amide bonds.